The van der Waals surface area contributed by atoms with Crippen LogP contribution in [0.3, 0.4) is 0 Å². The Morgan fingerprint density at radius 2 is 1.76 bits per heavy atom. The van der Waals surface area contributed by atoms with Crippen molar-refractivity contribution in [3.63, 3.8) is 0 Å². The molecule has 2 aromatic carbocycles. The highest BCUT2D eigenvalue weighted by Crippen LogP contribution is 2.36. The summed E-state index contributed by atoms with van der Waals surface area (Å²) in [6, 6.07) is 6.78. The Kier molecular flexibility index (Phi) is 4.05. The minimum atomic E-state index is -4.69. The quantitative estimate of drug-likeness (QED) is 0.538. The lowest BCUT2D eigenvalue weighted by Crippen LogP contribution is -2.12. The summed E-state index contributed by atoms with van der Waals surface area (Å²) in [6.07, 6.45) is -4.69. The van der Waals surface area contributed by atoms with Crippen LogP contribution >= 0.6 is 11.6 Å². The predicted octanol–water partition coefficient (Wildman–Crippen LogP) is 5.37. The zero-order valence-electron chi connectivity index (χ0n) is 10.8. The summed E-state index contributed by atoms with van der Waals surface area (Å²) in [6.45, 7) is 1.05. The molecule has 0 heterocycles. The third-order valence-corrected chi connectivity index (χ3v) is 3.18. The molecule has 0 aliphatic heterocycles. The van der Waals surface area contributed by atoms with Gasteiger partial charge in [-0.2, -0.15) is 13.2 Å². The molecule has 0 saturated heterocycles. The van der Waals surface area contributed by atoms with Crippen molar-refractivity contribution in [2.24, 2.45) is 0 Å². The zero-order chi connectivity index (χ0) is 15.8. The van der Waals surface area contributed by atoms with Crippen LogP contribution in [0.1, 0.15) is 22.8 Å². The number of carbonyl (C=O) groups excluding carboxylic acids is 1. The fraction of sp³-hybridized carbons (Fsp3) is 0.133. The third-order valence-electron chi connectivity index (χ3n) is 2.95. The van der Waals surface area contributed by atoms with Crippen LogP contribution in [0.15, 0.2) is 36.4 Å². The molecule has 1 nitrogen and oxygen atoms in total. The molecule has 2 aromatic rings. The first-order valence-corrected chi connectivity index (χ1v) is 6.25. The van der Waals surface area contributed by atoms with Gasteiger partial charge in [0.05, 0.1) is 5.56 Å². The normalized spacial score (nSPS) is 11.5. The lowest BCUT2D eigenvalue weighted by atomic mass is 9.97. The molecule has 21 heavy (non-hydrogen) atoms. The van der Waals surface area contributed by atoms with Crippen LogP contribution in [0.2, 0.25) is 5.02 Å². The molecule has 0 radical (unpaired) electrons. The number of hydrogen-bond donors (Lipinski definition) is 0. The highest BCUT2D eigenvalue weighted by molar-refractivity contribution is 6.30. The van der Waals surface area contributed by atoms with Crippen molar-refractivity contribution in [2.75, 3.05) is 0 Å². The Morgan fingerprint density at radius 3 is 2.29 bits per heavy atom. The predicted molar refractivity (Wildman–Crippen MR) is 71.9 cm³/mol. The van der Waals surface area contributed by atoms with Crippen LogP contribution in [0.5, 0.6) is 0 Å². The first kappa shape index (κ1) is 15.5. The fourth-order valence-electron chi connectivity index (χ4n) is 1.98. The Balaban J connectivity index is 2.64. The van der Waals surface area contributed by atoms with E-state index in [0.29, 0.717) is 0 Å². The van der Waals surface area contributed by atoms with Crippen LogP contribution in [-0.4, -0.2) is 5.78 Å². The molecule has 0 fully saturated rings. The van der Waals surface area contributed by atoms with Gasteiger partial charge in [-0.1, -0.05) is 23.7 Å². The molecular weight excluding hydrogens is 308 g/mol. The van der Waals surface area contributed by atoms with E-state index in [9.17, 15) is 22.4 Å². The van der Waals surface area contributed by atoms with Crippen LogP contribution in [0.25, 0.3) is 11.1 Å². The molecule has 0 aliphatic carbocycles. The lowest BCUT2D eigenvalue weighted by molar-refractivity contribution is -0.137. The smallest absolute Gasteiger partial charge is 0.294 e. The molecule has 0 aliphatic rings. The van der Waals surface area contributed by atoms with Crippen molar-refractivity contribution in [3.05, 3.63) is 58.4 Å². The summed E-state index contributed by atoms with van der Waals surface area (Å²) in [5.74, 6) is -1.43. The van der Waals surface area contributed by atoms with Gasteiger partial charge in [-0.05, 0) is 36.8 Å². The monoisotopic (exact) mass is 316 g/mol. The number of rotatable bonds is 2. The Bertz CT molecular complexity index is 707. The van der Waals surface area contributed by atoms with Gasteiger partial charge < -0.3 is 0 Å². The largest absolute Gasteiger partial charge is 0.417 e. The van der Waals surface area contributed by atoms with Crippen molar-refractivity contribution < 1.29 is 22.4 Å². The van der Waals surface area contributed by atoms with Gasteiger partial charge in [-0.3, -0.25) is 4.79 Å². The molecule has 2 rings (SSSR count). The summed E-state index contributed by atoms with van der Waals surface area (Å²) in [5, 5.41) is 0.146. The zero-order valence-corrected chi connectivity index (χ0v) is 11.5. The third kappa shape index (κ3) is 3.24. The molecule has 0 bridgehead atoms. The Labute approximate surface area is 123 Å². The maximum atomic E-state index is 13.8. The van der Waals surface area contributed by atoms with E-state index in [2.05, 4.69) is 0 Å². The molecule has 110 valence electrons. The van der Waals surface area contributed by atoms with E-state index in [1.54, 1.807) is 0 Å². The van der Waals surface area contributed by atoms with E-state index in [-0.39, 0.29) is 16.1 Å². The molecule has 0 saturated carbocycles. The number of alkyl halides is 3. The van der Waals surface area contributed by atoms with Gasteiger partial charge in [-0.25, -0.2) is 4.39 Å². The molecule has 0 N–H and O–H groups in total. The fourth-order valence-corrected chi connectivity index (χ4v) is 2.14. The Morgan fingerprint density at radius 1 is 1.10 bits per heavy atom. The van der Waals surface area contributed by atoms with Crippen molar-refractivity contribution in [1.29, 1.82) is 0 Å². The number of benzene rings is 2. The standard InChI is InChI=1S/C15H9ClF4O/c1-8(21)11-4-2-9(6-13(11)15(18,19)20)12-5-3-10(16)7-14(12)17/h2-7H,1H3. The van der Waals surface area contributed by atoms with Crippen molar-refractivity contribution in [2.45, 2.75) is 13.1 Å². The summed E-state index contributed by atoms with van der Waals surface area (Å²) >= 11 is 5.61. The van der Waals surface area contributed by atoms with Crippen molar-refractivity contribution in [1.82, 2.24) is 0 Å². The van der Waals surface area contributed by atoms with E-state index in [0.717, 1.165) is 25.1 Å². The van der Waals surface area contributed by atoms with E-state index in [4.69, 9.17) is 11.6 Å². The molecule has 0 aromatic heterocycles. The molecular formula is C15H9ClF4O. The van der Waals surface area contributed by atoms with Gasteiger partial charge >= 0.3 is 6.18 Å². The average molecular weight is 317 g/mol. The summed E-state index contributed by atoms with van der Waals surface area (Å²) in [7, 11) is 0. The number of hydrogen-bond acceptors (Lipinski definition) is 1. The lowest BCUT2D eigenvalue weighted by Gasteiger charge is -2.13. The molecule has 0 unspecified atom stereocenters. The van der Waals surface area contributed by atoms with E-state index in [1.807, 2.05) is 0 Å². The minimum Gasteiger partial charge on any atom is -0.294 e. The molecule has 0 atom stereocenters. The minimum absolute atomic E-state index is 0.0139. The summed E-state index contributed by atoms with van der Waals surface area (Å²) < 4.78 is 52.8. The highest BCUT2D eigenvalue weighted by Gasteiger charge is 2.34. The number of carbonyl (C=O) groups is 1. The van der Waals surface area contributed by atoms with Gasteiger partial charge in [0.1, 0.15) is 5.82 Å². The maximum Gasteiger partial charge on any atom is 0.417 e. The van der Waals surface area contributed by atoms with Crippen LogP contribution in [0.4, 0.5) is 17.6 Å². The molecule has 0 amide bonds. The van der Waals surface area contributed by atoms with Gasteiger partial charge in [0.25, 0.3) is 0 Å². The van der Waals surface area contributed by atoms with Gasteiger partial charge in [0.2, 0.25) is 0 Å². The first-order valence-electron chi connectivity index (χ1n) is 5.88. The van der Waals surface area contributed by atoms with Gasteiger partial charge in [0.15, 0.2) is 5.78 Å². The highest BCUT2D eigenvalue weighted by atomic mass is 35.5. The molecule has 6 heteroatoms. The van der Waals surface area contributed by atoms with Gasteiger partial charge in [0, 0.05) is 16.1 Å². The SMILES string of the molecule is CC(=O)c1ccc(-c2ccc(Cl)cc2F)cc1C(F)(F)F. The van der Waals surface area contributed by atoms with E-state index < -0.39 is 28.9 Å². The average Bonchev–Trinajstić information content (AvgIpc) is 2.37. The number of halogens is 5. The van der Waals surface area contributed by atoms with Crippen LogP contribution in [0, 0.1) is 5.82 Å². The summed E-state index contributed by atoms with van der Waals surface area (Å²) in [4.78, 5) is 11.3. The van der Waals surface area contributed by atoms with Crippen LogP contribution < -0.4 is 0 Å². The van der Waals surface area contributed by atoms with Crippen LogP contribution in [-0.2, 0) is 6.18 Å². The van der Waals surface area contributed by atoms with Crippen molar-refractivity contribution >= 4 is 17.4 Å². The summed E-state index contributed by atoms with van der Waals surface area (Å²) in [5.41, 5.74) is -1.51. The topological polar surface area (TPSA) is 17.1 Å². The maximum absolute atomic E-state index is 13.8. The molecule has 0 spiro atoms. The second-order valence-electron chi connectivity index (χ2n) is 4.44. The first-order chi connectivity index (χ1) is 9.70. The van der Waals surface area contributed by atoms with Gasteiger partial charge in [-0.15, -0.1) is 0 Å². The number of ketones is 1. The van der Waals surface area contributed by atoms with E-state index >= 15 is 0 Å². The number of Topliss-reactive ketones (excluding diaryl/α,β-unsaturated/α-hetero) is 1. The second-order valence-corrected chi connectivity index (χ2v) is 4.87. The second kappa shape index (κ2) is 5.48. The van der Waals surface area contributed by atoms with Crippen molar-refractivity contribution in [3.8, 4) is 11.1 Å². The van der Waals surface area contributed by atoms with E-state index in [1.165, 1.54) is 18.2 Å². The Hall–Kier alpha value is -1.88.